The van der Waals surface area contributed by atoms with Gasteiger partial charge in [-0.3, -0.25) is 0 Å². The molecule has 0 atom stereocenters. The molecule has 19 heavy (non-hydrogen) atoms. The first-order chi connectivity index (χ1) is 9.26. The Kier molecular flexibility index (Phi) is 4.43. The lowest BCUT2D eigenvalue weighted by Crippen LogP contribution is -2.08. The van der Waals surface area contributed by atoms with Gasteiger partial charge in [0.05, 0.1) is 11.9 Å². The van der Waals surface area contributed by atoms with Crippen molar-refractivity contribution in [3.8, 4) is 11.4 Å². The van der Waals surface area contributed by atoms with E-state index in [1.807, 2.05) is 17.8 Å². The number of anilines is 1. The van der Waals surface area contributed by atoms with Gasteiger partial charge in [0.2, 0.25) is 5.95 Å². The predicted octanol–water partition coefficient (Wildman–Crippen LogP) is 2.28. The molecule has 0 bridgehead atoms. The second kappa shape index (κ2) is 6.26. The lowest BCUT2D eigenvalue weighted by atomic mass is 10.2. The summed E-state index contributed by atoms with van der Waals surface area (Å²) < 4.78 is 1.89. The summed E-state index contributed by atoms with van der Waals surface area (Å²) in [7, 11) is 0. The lowest BCUT2D eigenvalue weighted by Gasteiger charge is -2.09. The second-order valence-electron chi connectivity index (χ2n) is 4.49. The summed E-state index contributed by atoms with van der Waals surface area (Å²) in [6.07, 6.45) is 5.65. The van der Waals surface area contributed by atoms with Crippen LogP contribution in [0.1, 0.15) is 32.3 Å². The van der Waals surface area contributed by atoms with Gasteiger partial charge in [0, 0.05) is 19.3 Å². The summed E-state index contributed by atoms with van der Waals surface area (Å²) in [6, 6.07) is 0. The molecule has 2 heterocycles. The quantitative estimate of drug-likeness (QED) is 0.863. The Hall–Kier alpha value is -1.98. The van der Waals surface area contributed by atoms with Crippen LogP contribution in [0.15, 0.2) is 12.4 Å². The Morgan fingerprint density at radius 3 is 2.79 bits per heavy atom. The minimum atomic E-state index is 0.659. The Morgan fingerprint density at radius 1 is 1.21 bits per heavy atom. The molecule has 0 fully saturated rings. The molecule has 0 aliphatic rings. The van der Waals surface area contributed by atoms with E-state index in [4.69, 9.17) is 0 Å². The molecule has 1 N–H and O–H groups in total. The van der Waals surface area contributed by atoms with Crippen molar-refractivity contribution in [3.63, 3.8) is 0 Å². The molecule has 6 nitrogen and oxygen atoms in total. The number of hydrogen-bond donors (Lipinski definition) is 1. The first kappa shape index (κ1) is 13.5. The van der Waals surface area contributed by atoms with E-state index in [-0.39, 0.29) is 0 Å². The molecule has 2 aromatic heterocycles. The van der Waals surface area contributed by atoms with Crippen molar-refractivity contribution in [3.05, 3.63) is 18.0 Å². The molecule has 0 saturated heterocycles. The maximum Gasteiger partial charge on any atom is 0.223 e. The highest BCUT2D eigenvalue weighted by Gasteiger charge is 2.12. The van der Waals surface area contributed by atoms with Gasteiger partial charge in [-0.2, -0.15) is 0 Å². The summed E-state index contributed by atoms with van der Waals surface area (Å²) in [4.78, 5) is 8.86. The van der Waals surface area contributed by atoms with E-state index in [9.17, 15) is 0 Å². The average molecular weight is 260 g/mol. The standard InChI is InChI=1S/C13H20N6/c1-4-6-14-13-15-8-10(3)12(17-13)11-9-16-18-19(11)7-5-2/h8-9H,4-7H2,1-3H3,(H,14,15,17). The fraction of sp³-hybridized carbons (Fsp3) is 0.538. The van der Waals surface area contributed by atoms with E-state index in [0.29, 0.717) is 5.95 Å². The maximum atomic E-state index is 4.57. The largest absolute Gasteiger partial charge is 0.354 e. The van der Waals surface area contributed by atoms with Crippen LogP contribution in [0.25, 0.3) is 11.4 Å². The number of aryl methyl sites for hydroxylation is 2. The molecule has 0 aromatic carbocycles. The third kappa shape index (κ3) is 3.07. The third-order valence-corrected chi connectivity index (χ3v) is 2.80. The number of hydrogen-bond acceptors (Lipinski definition) is 5. The minimum absolute atomic E-state index is 0.659. The highest BCUT2D eigenvalue weighted by molar-refractivity contribution is 5.58. The van der Waals surface area contributed by atoms with Gasteiger partial charge in [-0.05, 0) is 25.3 Å². The Morgan fingerprint density at radius 2 is 2.05 bits per heavy atom. The fourth-order valence-electron chi connectivity index (χ4n) is 1.84. The molecule has 6 heteroatoms. The Labute approximate surface area is 113 Å². The van der Waals surface area contributed by atoms with Crippen molar-refractivity contribution in [2.75, 3.05) is 11.9 Å². The maximum absolute atomic E-state index is 4.57. The molecule has 0 aliphatic heterocycles. The molecule has 0 radical (unpaired) electrons. The molecule has 0 unspecified atom stereocenters. The minimum Gasteiger partial charge on any atom is -0.354 e. The van der Waals surface area contributed by atoms with Gasteiger partial charge in [0.1, 0.15) is 5.69 Å². The van der Waals surface area contributed by atoms with Crippen LogP contribution in [0.2, 0.25) is 0 Å². The molecular formula is C13H20N6. The normalized spacial score (nSPS) is 10.7. The van der Waals surface area contributed by atoms with Crippen LogP contribution in [0.4, 0.5) is 5.95 Å². The first-order valence-corrected chi connectivity index (χ1v) is 6.72. The van der Waals surface area contributed by atoms with Crippen LogP contribution in [-0.2, 0) is 6.54 Å². The van der Waals surface area contributed by atoms with Crippen LogP contribution >= 0.6 is 0 Å². The van der Waals surface area contributed by atoms with Crippen LogP contribution in [0, 0.1) is 6.92 Å². The molecule has 2 rings (SSSR count). The number of nitrogens with one attached hydrogen (secondary N) is 1. The van der Waals surface area contributed by atoms with Gasteiger partial charge in [-0.15, -0.1) is 5.10 Å². The van der Waals surface area contributed by atoms with Crippen molar-refractivity contribution in [1.82, 2.24) is 25.0 Å². The first-order valence-electron chi connectivity index (χ1n) is 6.72. The van der Waals surface area contributed by atoms with Crippen molar-refractivity contribution in [2.45, 2.75) is 40.2 Å². The van der Waals surface area contributed by atoms with E-state index < -0.39 is 0 Å². The van der Waals surface area contributed by atoms with E-state index in [1.165, 1.54) is 0 Å². The second-order valence-corrected chi connectivity index (χ2v) is 4.49. The van der Waals surface area contributed by atoms with Crippen LogP contribution in [0.3, 0.4) is 0 Å². The predicted molar refractivity (Wildman–Crippen MR) is 74.9 cm³/mol. The van der Waals surface area contributed by atoms with Crippen molar-refractivity contribution in [1.29, 1.82) is 0 Å². The van der Waals surface area contributed by atoms with Crippen molar-refractivity contribution < 1.29 is 0 Å². The monoisotopic (exact) mass is 260 g/mol. The third-order valence-electron chi connectivity index (χ3n) is 2.80. The Bertz CT molecular complexity index is 534. The zero-order valence-corrected chi connectivity index (χ0v) is 11.7. The number of nitrogens with zero attached hydrogens (tertiary/aromatic N) is 5. The molecule has 0 saturated carbocycles. The summed E-state index contributed by atoms with van der Waals surface area (Å²) in [6.45, 7) is 7.95. The number of aromatic nitrogens is 5. The molecular weight excluding hydrogens is 240 g/mol. The van der Waals surface area contributed by atoms with Gasteiger partial charge in [-0.25, -0.2) is 14.6 Å². The van der Waals surface area contributed by atoms with Crippen LogP contribution < -0.4 is 5.32 Å². The van der Waals surface area contributed by atoms with Crippen LogP contribution in [0.5, 0.6) is 0 Å². The molecule has 2 aromatic rings. The summed E-state index contributed by atoms with van der Waals surface area (Å²) >= 11 is 0. The van der Waals surface area contributed by atoms with E-state index >= 15 is 0 Å². The smallest absolute Gasteiger partial charge is 0.223 e. The zero-order chi connectivity index (χ0) is 13.7. The summed E-state index contributed by atoms with van der Waals surface area (Å²) in [5, 5.41) is 11.3. The Balaban J connectivity index is 2.34. The molecule has 0 amide bonds. The highest BCUT2D eigenvalue weighted by atomic mass is 15.4. The van der Waals surface area contributed by atoms with E-state index in [2.05, 4.69) is 39.4 Å². The molecule has 102 valence electrons. The van der Waals surface area contributed by atoms with E-state index in [1.54, 1.807) is 6.20 Å². The zero-order valence-electron chi connectivity index (χ0n) is 11.7. The number of rotatable bonds is 6. The van der Waals surface area contributed by atoms with Crippen molar-refractivity contribution >= 4 is 5.95 Å². The average Bonchev–Trinajstić information content (AvgIpc) is 2.86. The molecule has 0 spiro atoms. The molecule has 0 aliphatic carbocycles. The van der Waals surface area contributed by atoms with E-state index in [0.717, 1.165) is 42.9 Å². The van der Waals surface area contributed by atoms with Gasteiger partial charge < -0.3 is 5.32 Å². The fourth-order valence-corrected chi connectivity index (χ4v) is 1.84. The van der Waals surface area contributed by atoms with Gasteiger partial charge in [0.15, 0.2) is 0 Å². The topological polar surface area (TPSA) is 68.5 Å². The lowest BCUT2D eigenvalue weighted by molar-refractivity contribution is 0.583. The van der Waals surface area contributed by atoms with Gasteiger partial charge in [-0.1, -0.05) is 19.1 Å². The van der Waals surface area contributed by atoms with Gasteiger partial charge in [0.25, 0.3) is 0 Å². The summed E-state index contributed by atoms with van der Waals surface area (Å²) in [5.74, 6) is 0.659. The van der Waals surface area contributed by atoms with Crippen LogP contribution in [-0.4, -0.2) is 31.5 Å². The SMILES string of the molecule is CCCNc1ncc(C)c(-c2cnnn2CCC)n1. The van der Waals surface area contributed by atoms with Gasteiger partial charge >= 0.3 is 0 Å². The summed E-state index contributed by atoms with van der Waals surface area (Å²) in [5.41, 5.74) is 2.87. The van der Waals surface area contributed by atoms with Crippen molar-refractivity contribution in [2.24, 2.45) is 0 Å². The highest BCUT2D eigenvalue weighted by Crippen LogP contribution is 2.20.